The van der Waals surface area contributed by atoms with Crippen LogP contribution in [0.5, 0.6) is 0 Å². The summed E-state index contributed by atoms with van der Waals surface area (Å²) in [5.41, 5.74) is -0.136. The van der Waals surface area contributed by atoms with Crippen LogP contribution in [0.3, 0.4) is 0 Å². The Morgan fingerprint density at radius 2 is 2.33 bits per heavy atom. The number of rotatable bonds is 5. The maximum Gasteiger partial charge on any atom is 0.364 e. The number of hydrogen-bond donors (Lipinski definition) is 3. The molecule has 0 aliphatic heterocycles. The van der Waals surface area contributed by atoms with E-state index in [9.17, 15) is 4.79 Å². The Morgan fingerprint density at radius 1 is 1.56 bits per heavy atom. The molecule has 0 spiro atoms. The maximum atomic E-state index is 11.4. The van der Waals surface area contributed by atoms with Crippen molar-refractivity contribution in [1.29, 1.82) is 0 Å². The van der Waals surface area contributed by atoms with Crippen molar-refractivity contribution < 1.29 is 5.11 Å². The van der Waals surface area contributed by atoms with Gasteiger partial charge in [0.2, 0.25) is 0 Å². The van der Waals surface area contributed by atoms with Crippen LogP contribution in [-0.4, -0.2) is 37.1 Å². The highest BCUT2D eigenvalue weighted by molar-refractivity contribution is 5.44. The summed E-state index contributed by atoms with van der Waals surface area (Å²) < 4.78 is 1.21. The highest BCUT2D eigenvalue weighted by Crippen LogP contribution is 2.19. The molecule has 2 heterocycles. The van der Waals surface area contributed by atoms with Gasteiger partial charge in [0.05, 0.1) is 0 Å². The van der Waals surface area contributed by atoms with Crippen LogP contribution in [0, 0.1) is 0 Å². The molecular weight excluding hydrogens is 234 g/mol. The van der Waals surface area contributed by atoms with E-state index in [4.69, 9.17) is 5.11 Å². The maximum absolute atomic E-state index is 11.4. The summed E-state index contributed by atoms with van der Waals surface area (Å²) >= 11 is 0. The second-order valence-electron chi connectivity index (χ2n) is 4.53. The van der Waals surface area contributed by atoms with Gasteiger partial charge in [-0.05, 0) is 31.9 Å². The van der Waals surface area contributed by atoms with E-state index >= 15 is 0 Å². The Bertz CT molecular complexity index is 590. The van der Waals surface area contributed by atoms with Crippen molar-refractivity contribution in [3.8, 4) is 0 Å². The summed E-state index contributed by atoms with van der Waals surface area (Å²) in [5.74, 6) is 0.587. The minimum Gasteiger partial charge on any atom is -0.396 e. The van der Waals surface area contributed by atoms with Gasteiger partial charge >= 0.3 is 5.69 Å². The molecule has 0 aliphatic carbocycles. The van der Waals surface area contributed by atoms with Crippen molar-refractivity contribution in [2.24, 2.45) is 0 Å². The summed E-state index contributed by atoms with van der Waals surface area (Å²) in [4.78, 5) is 11.4. The lowest BCUT2D eigenvalue weighted by Crippen LogP contribution is -2.35. The topological polar surface area (TPSA) is 95.3 Å². The lowest BCUT2D eigenvalue weighted by molar-refractivity contribution is 0.251. The molecule has 0 radical (unpaired) electrons. The first-order valence-electron chi connectivity index (χ1n) is 5.91. The van der Waals surface area contributed by atoms with Crippen molar-refractivity contribution in [3.05, 3.63) is 22.6 Å². The first kappa shape index (κ1) is 12.6. The van der Waals surface area contributed by atoms with Crippen LogP contribution in [0.25, 0.3) is 5.65 Å². The highest BCUT2D eigenvalue weighted by Gasteiger charge is 2.21. The molecule has 0 amide bonds. The van der Waals surface area contributed by atoms with Gasteiger partial charge in [-0.3, -0.25) is 0 Å². The largest absolute Gasteiger partial charge is 0.396 e. The van der Waals surface area contributed by atoms with Crippen molar-refractivity contribution in [2.45, 2.75) is 32.2 Å². The first-order chi connectivity index (χ1) is 8.58. The van der Waals surface area contributed by atoms with E-state index in [1.165, 1.54) is 4.52 Å². The Labute approximate surface area is 104 Å². The van der Waals surface area contributed by atoms with Gasteiger partial charge in [-0.2, -0.15) is 9.61 Å². The third-order valence-corrected chi connectivity index (χ3v) is 3.15. The Hall–Kier alpha value is -1.89. The zero-order valence-electron chi connectivity index (χ0n) is 10.5. The number of H-pyrrole nitrogens is 1. The zero-order chi connectivity index (χ0) is 13.2. The van der Waals surface area contributed by atoms with Gasteiger partial charge in [-0.25, -0.2) is 9.89 Å². The van der Waals surface area contributed by atoms with Crippen molar-refractivity contribution >= 4 is 11.5 Å². The summed E-state index contributed by atoms with van der Waals surface area (Å²) in [5, 5.41) is 22.6. The molecule has 0 saturated heterocycles. The minimum absolute atomic E-state index is 0.102. The fourth-order valence-corrected chi connectivity index (χ4v) is 1.75. The molecular formula is C11H17N5O2. The molecule has 3 N–H and O–H groups in total. The summed E-state index contributed by atoms with van der Waals surface area (Å²) in [7, 11) is 0. The Morgan fingerprint density at radius 3 is 3.00 bits per heavy atom. The molecule has 1 atom stereocenters. The summed E-state index contributed by atoms with van der Waals surface area (Å²) in [6.07, 6.45) is 1.46. The van der Waals surface area contributed by atoms with E-state index < -0.39 is 0 Å². The van der Waals surface area contributed by atoms with Crippen molar-refractivity contribution in [2.75, 3.05) is 11.9 Å². The van der Waals surface area contributed by atoms with Crippen LogP contribution in [0.4, 0.5) is 5.82 Å². The van der Waals surface area contributed by atoms with Gasteiger partial charge in [-0.15, -0.1) is 5.10 Å². The number of aromatic nitrogens is 4. The van der Waals surface area contributed by atoms with Crippen LogP contribution in [-0.2, 0) is 0 Å². The molecule has 0 aliphatic rings. The van der Waals surface area contributed by atoms with Crippen molar-refractivity contribution in [3.63, 3.8) is 0 Å². The van der Waals surface area contributed by atoms with Gasteiger partial charge in [0.1, 0.15) is 5.82 Å². The monoisotopic (exact) mass is 251 g/mol. The van der Waals surface area contributed by atoms with Crippen LogP contribution < -0.4 is 11.0 Å². The molecule has 1 unspecified atom stereocenters. The summed E-state index contributed by atoms with van der Waals surface area (Å²) in [6, 6.07) is 3.48. The molecule has 2 aromatic rings. The second kappa shape index (κ2) is 4.77. The average molecular weight is 251 g/mol. The molecule has 7 heteroatoms. The average Bonchev–Trinajstić information content (AvgIpc) is 2.71. The van der Waals surface area contributed by atoms with Gasteiger partial charge in [0.25, 0.3) is 0 Å². The zero-order valence-corrected chi connectivity index (χ0v) is 10.5. The van der Waals surface area contributed by atoms with Gasteiger partial charge in [0.15, 0.2) is 5.65 Å². The van der Waals surface area contributed by atoms with Gasteiger partial charge in [0, 0.05) is 12.1 Å². The first-order valence-corrected chi connectivity index (χ1v) is 5.91. The lowest BCUT2D eigenvalue weighted by Gasteiger charge is -2.29. The summed E-state index contributed by atoms with van der Waals surface area (Å²) in [6.45, 7) is 4.14. The van der Waals surface area contributed by atoms with Crippen LogP contribution in [0.2, 0.25) is 0 Å². The van der Waals surface area contributed by atoms with E-state index in [1.54, 1.807) is 12.1 Å². The van der Waals surface area contributed by atoms with Gasteiger partial charge < -0.3 is 10.4 Å². The smallest absolute Gasteiger partial charge is 0.364 e. The number of aliphatic hydroxyl groups excluding tert-OH is 1. The molecule has 2 rings (SSSR count). The normalized spacial score (nSPS) is 14.6. The Kier molecular flexibility index (Phi) is 3.33. The number of aromatic amines is 1. The fourth-order valence-electron chi connectivity index (χ4n) is 1.75. The van der Waals surface area contributed by atoms with E-state index in [1.807, 2.05) is 13.8 Å². The third-order valence-electron chi connectivity index (χ3n) is 3.15. The fraction of sp³-hybridized carbons (Fsp3) is 0.545. The predicted molar refractivity (Wildman–Crippen MR) is 67.6 cm³/mol. The lowest BCUT2D eigenvalue weighted by atomic mass is 9.95. The number of aliphatic hydroxyl groups is 1. The quantitative estimate of drug-likeness (QED) is 0.714. The van der Waals surface area contributed by atoms with Crippen LogP contribution >= 0.6 is 0 Å². The molecule has 18 heavy (non-hydrogen) atoms. The van der Waals surface area contributed by atoms with E-state index in [-0.39, 0.29) is 17.8 Å². The number of anilines is 1. The number of fused-ring (bicyclic) bond motifs is 1. The number of nitrogens with zero attached hydrogens (tertiary/aromatic N) is 3. The van der Waals surface area contributed by atoms with E-state index in [0.717, 1.165) is 6.42 Å². The number of nitrogens with one attached hydrogen (secondary N) is 2. The molecule has 0 bridgehead atoms. The molecule has 0 aromatic carbocycles. The van der Waals surface area contributed by atoms with Crippen LogP contribution in [0.15, 0.2) is 16.9 Å². The van der Waals surface area contributed by atoms with E-state index in [2.05, 4.69) is 20.6 Å². The van der Waals surface area contributed by atoms with Crippen molar-refractivity contribution in [1.82, 2.24) is 19.8 Å². The molecule has 98 valence electrons. The minimum atomic E-state index is -0.367. The van der Waals surface area contributed by atoms with Crippen LogP contribution in [0.1, 0.15) is 26.7 Å². The molecule has 0 saturated carbocycles. The third kappa shape index (κ3) is 2.35. The molecule has 7 nitrogen and oxygen atoms in total. The second-order valence-corrected chi connectivity index (χ2v) is 4.53. The predicted octanol–water partition coefficient (Wildman–Crippen LogP) is 0.381. The standard InChI is InChI=1S/C11H17N5O2/c1-3-11(2,6-7-17)12-8-4-5-9-13-14-10(18)16(9)15-8/h4-5,17H,3,6-7H2,1-2H3,(H,12,15)(H,14,18). The Balaban J connectivity index is 2.31. The highest BCUT2D eigenvalue weighted by atomic mass is 16.3. The molecule has 0 fully saturated rings. The number of hydrogen-bond acceptors (Lipinski definition) is 5. The van der Waals surface area contributed by atoms with E-state index in [0.29, 0.717) is 17.9 Å². The molecule has 2 aromatic heterocycles. The SMILES string of the molecule is CCC(C)(CCO)Nc1ccc2n[nH]c(=O)n2n1. The van der Waals surface area contributed by atoms with Gasteiger partial charge in [-0.1, -0.05) is 6.92 Å².